The molecule has 1 aliphatic heterocycles. The Morgan fingerprint density at radius 1 is 1.40 bits per heavy atom. The first-order chi connectivity index (χ1) is 7.15. The summed E-state index contributed by atoms with van der Waals surface area (Å²) in [6.45, 7) is 6.87. The van der Waals surface area contributed by atoms with E-state index < -0.39 is 0 Å². The summed E-state index contributed by atoms with van der Waals surface area (Å²) in [5.41, 5.74) is 0. The molecule has 1 rings (SSSR count). The van der Waals surface area contributed by atoms with Crippen molar-refractivity contribution in [3.8, 4) is 0 Å². The van der Waals surface area contributed by atoms with Crippen LogP contribution in [0, 0.1) is 5.92 Å². The molecule has 1 saturated heterocycles. The van der Waals surface area contributed by atoms with Crippen LogP contribution in [0.2, 0.25) is 0 Å². The Morgan fingerprint density at radius 2 is 2.13 bits per heavy atom. The van der Waals surface area contributed by atoms with Crippen LogP contribution in [0.15, 0.2) is 0 Å². The van der Waals surface area contributed by atoms with E-state index in [1.807, 2.05) is 0 Å². The maximum Gasteiger partial charge on any atom is 0.0900 e. The van der Waals surface area contributed by atoms with E-state index >= 15 is 0 Å². The largest absolute Gasteiger partial charge is 0.389 e. The lowest BCUT2D eigenvalue weighted by molar-refractivity contribution is 0.00962. The Morgan fingerprint density at radius 3 is 2.73 bits per heavy atom. The van der Waals surface area contributed by atoms with Crippen LogP contribution < -0.4 is 0 Å². The van der Waals surface area contributed by atoms with Crippen molar-refractivity contribution >= 4 is 0 Å². The normalized spacial score (nSPS) is 25.8. The van der Waals surface area contributed by atoms with Gasteiger partial charge in [-0.2, -0.15) is 0 Å². The first-order valence-electron chi connectivity index (χ1n) is 6.06. The SMILES string of the molecule is COCC(O)CN1CCCCC1C(C)C. The van der Waals surface area contributed by atoms with Crippen molar-refractivity contribution in [2.24, 2.45) is 5.92 Å². The van der Waals surface area contributed by atoms with Crippen molar-refractivity contribution in [2.45, 2.75) is 45.3 Å². The molecule has 1 aliphatic rings. The fourth-order valence-corrected chi connectivity index (χ4v) is 2.51. The van der Waals surface area contributed by atoms with Gasteiger partial charge in [0.15, 0.2) is 0 Å². The molecule has 3 heteroatoms. The highest BCUT2D eigenvalue weighted by Gasteiger charge is 2.26. The zero-order valence-corrected chi connectivity index (χ0v) is 10.3. The van der Waals surface area contributed by atoms with Gasteiger partial charge in [0.1, 0.15) is 0 Å². The highest BCUT2D eigenvalue weighted by Crippen LogP contribution is 2.23. The van der Waals surface area contributed by atoms with Gasteiger partial charge < -0.3 is 9.84 Å². The van der Waals surface area contributed by atoms with E-state index in [9.17, 15) is 5.11 Å². The number of nitrogens with zero attached hydrogens (tertiary/aromatic N) is 1. The Kier molecular flexibility index (Phi) is 5.58. The van der Waals surface area contributed by atoms with Gasteiger partial charge in [0, 0.05) is 19.7 Å². The van der Waals surface area contributed by atoms with E-state index in [4.69, 9.17) is 4.74 Å². The number of piperidine rings is 1. The average Bonchev–Trinajstić information content (AvgIpc) is 2.18. The summed E-state index contributed by atoms with van der Waals surface area (Å²) in [7, 11) is 1.64. The number of rotatable bonds is 5. The third kappa shape index (κ3) is 4.09. The van der Waals surface area contributed by atoms with Gasteiger partial charge in [0.2, 0.25) is 0 Å². The fraction of sp³-hybridized carbons (Fsp3) is 1.00. The Labute approximate surface area is 93.4 Å². The number of β-amino-alcohol motifs (C(OH)–C–C–N with tert-alkyl or cyclic N) is 1. The van der Waals surface area contributed by atoms with Gasteiger partial charge >= 0.3 is 0 Å². The van der Waals surface area contributed by atoms with Crippen LogP contribution >= 0.6 is 0 Å². The lowest BCUT2D eigenvalue weighted by Crippen LogP contribution is -2.47. The Balaban J connectivity index is 2.42. The maximum atomic E-state index is 9.73. The Bertz CT molecular complexity index is 173. The minimum absolute atomic E-state index is 0.339. The average molecular weight is 215 g/mol. The first-order valence-corrected chi connectivity index (χ1v) is 6.06. The first kappa shape index (κ1) is 12.9. The lowest BCUT2D eigenvalue weighted by Gasteiger charge is -2.39. The summed E-state index contributed by atoms with van der Waals surface area (Å²) in [5, 5.41) is 9.73. The van der Waals surface area contributed by atoms with Crippen LogP contribution in [-0.2, 0) is 4.74 Å². The van der Waals surface area contributed by atoms with Gasteiger partial charge in [-0.25, -0.2) is 0 Å². The summed E-state index contributed by atoms with van der Waals surface area (Å²) >= 11 is 0. The molecule has 0 aromatic carbocycles. The van der Waals surface area contributed by atoms with Gasteiger partial charge in [-0.15, -0.1) is 0 Å². The molecular weight excluding hydrogens is 190 g/mol. The second kappa shape index (κ2) is 6.46. The molecule has 0 bridgehead atoms. The maximum absolute atomic E-state index is 9.73. The molecule has 0 spiro atoms. The molecule has 0 aromatic heterocycles. The van der Waals surface area contributed by atoms with E-state index in [1.165, 1.54) is 19.3 Å². The molecule has 2 atom stereocenters. The second-order valence-electron chi connectivity index (χ2n) is 4.91. The highest BCUT2D eigenvalue weighted by atomic mass is 16.5. The van der Waals surface area contributed by atoms with Crippen LogP contribution in [0.3, 0.4) is 0 Å². The van der Waals surface area contributed by atoms with Gasteiger partial charge in [-0.1, -0.05) is 20.3 Å². The third-order valence-electron chi connectivity index (χ3n) is 3.24. The predicted molar refractivity (Wildman–Crippen MR) is 61.9 cm³/mol. The molecule has 0 radical (unpaired) electrons. The number of aliphatic hydroxyl groups is 1. The third-order valence-corrected chi connectivity index (χ3v) is 3.24. The van der Waals surface area contributed by atoms with Gasteiger partial charge in [-0.05, 0) is 25.3 Å². The number of likely N-dealkylation sites (tertiary alicyclic amines) is 1. The topological polar surface area (TPSA) is 32.7 Å². The number of aliphatic hydroxyl groups excluding tert-OH is 1. The monoisotopic (exact) mass is 215 g/mol. The van der Waals surface area contributed by atoms with Gasteiger partial charge in [-0.3, -0.25) is 4.90 Å². The second-order valence-corrected chi connectivity index (χ2v) is 4.91. The molecule has 3 nitrogen and oxygen atoms in total. The van der Waals surface area contributed by atoms with E-state index in [1.54, 1.807) is 7.11 Å². The van der Waals surface area contributed by atoms with Crippen molar-refractivity contribution in [3.63, 3.8) is 0 Å². The summed E-state index contributed by atoms with van der Waals surface area (Å²) in [4.78, 5) is 2.43. The number of ether oxygens (including phenoxy) is 1. The molecule has 2 unspecified atom stereocenters. The van der Waals surface area contributed by atoms with Crippen LogP contribution in [0.5, 0.6) is 0 Å². The van der Waals surface area contributed by atoms with Crippen LogP contribution in [-0.4, -0.2) is 49.0 Å². The van der Waals surface area contributed by atoms with Crippen molar-refractivity contribution < 1.29 is 9.84 Å². The number of hydrogen-bond donors (Lipinski definition) is 1. The minimum Gasteiger partial charge on any atom is -0.389 e. The van der Waals surface area contributed by atoms with Crippen molar-refractivity contribution in [3.05, 3.63) is 0 Å². The number of hydrogen-bond acceptors (Lipinski definition) is 3. The quantitative estimate of drug-likeness (QED) is 0.754. The van der Waals surface area contributed by atoms with Crippen molar-refractivity contribution in [1.29, 1.82) is 0 Å². The van der Waals surface area contributed by atoms with Crippen molar-refractivity contribution in [1.82, 2.24) is 4.90 Å². The molecule has 1 heterocycles. The summed E-state index contributed by atoms with van der Waals surface area (Å²) in [5.74, 6) is 0.681. The van der Waals surface area contributed by atoms with Crippen molar-refractivity contribution in [2.75, 3.05) is 26.8 Å². The van der Waals surface area contributed by atoms with E-state index in [2.05, 4.69) is 18.7 Å². The van der Waals surface area contributed by atoms with Crippen LogP contribution in [0.1, 0.15) is 33.1 Å². The van der Waals surface area contributed by atoms with E-state index in [0.29, 0.717) is 18.6 Å². The summed E-state index contributed by atoms with van der Waals surface area (Å²) in [6.07, 6.45) is 3.54. The number of methoxy groups -OCH3 is 1. The molecule has 0 amide bonds. The van der Waals surface area contributed by atoms with E-state index in [0.717, 1.165) is 13.1 Å². The zero-order valence-electron chi connectivity index (χ0n) is 10.3. The van der Waals surface area contributed by atoms with Gasteiger partial charge in [0.25, 0.3) is 0 Å². The van der Waals surface area contributed by atoms with Gasteiger partial charge in [0.05, 0.1) is 12.7 Å². The van der Waals surface area contributed by atoms with E-state index in [-0.39, 0.29) is 6.10 Å². The fourth-order valence-electron chi connectivity index (χ4n) is 2.51. The lowest BCUT2D eigenvalue weighted by atomic mass is 9.92. The Hall–Kier alpha value is -0.120. The molecule has 90 valence electrons. The summed E-state index contributed by atoms with van der Waals surface area (Å²) in [6, 6.07) is 0.644. The molecule has 1 fully saturated rings. The van der Waals surface area contributed by atoms with Crippen LogP contribution in [0.4, 0.5) is 0 Å². The summed E-state index contributed by atoms with van der Waals surface area (Å²) < 4.78 is 4.96. The predicted octanol–water partition coefficient (Wildman–Crippen LogP) is 1.50. The molecule has 0 aliphatic carbocycles. The van der Waals surface area contributed by atoms with Crippen LogP contribution in [0.25, 0.3) is 0 Å². The minimum atomic E-state index is -0.339. The standard InChI is InChI=1S/C12H25NO2/c1-10(2)12-6-4-5-7-13(12)8-11(14)9-15-3/h10-12,14H,4-9H2,1-3H3. The smallest absolute Gasteiger partial charge is 0.0900 e. The molecule has 0 saturated carbocycles. The zero-order chi connectivity index (χ0) is 11.3. The molecule has 0 aromatic rings. The molecule has 1 N–H and O–H groups in total. The molecular formula is C12H25NO2. The highest BCUT2D eigenvalue weighted by molar-refractivity contribution is 4.80. The molecule has 15 heavy (non-hydrogen) atoms.